The van der Waals surface area contributed by atoms with Crippen LogP contribution in [0.5, 0.6) is 5.75 Å². The molecule has 0 spiro atoms. The summed E-state index contributed by atoms with van der Waals surface area (Å²) in [6.07, 6.45) is 2.59. The molecule has 1 heterocycles. The summed E-state index contributed by atoms with van der Waals surface area (Å²) in [4.78, 5) is 10.7. The van der Waals surface area contributed by atoms with Crippen molar-refractivity contribution in [3.05, 3.63) is 95.8 Å². The van der Waals surface area contributed by atoms with E-state index in [1.807, 2.05) is 48.5 Å². The first-order valence-electron chi connectivity index (χ1n) is 11.4. The Bertz CT molecular complexity index is 1520. The van der Waals surface area contributed by atoms with Crippen LogP contribution in [0.25, 0.3) is 16.8 Å². The zero-order valence-electron chi connectivity index (χ0n) is 20.2. The second-order valence-electron chi connectivity index (χ2n) is 8.63. The van der Waals surface area contributed by atoms with Crippen molar-refractivity contribution in [2.24, 2.45) is 0 Å². The first kappa shape index (κ1) is 25.1. The van der Waals surface area contributed by atoms with Gasteiger partial charge in [0.15, 0.2) is 0 Å². The lowest BCUT2D eigenvalue weighted by atomic mass is 10.1. The van der Waals surface area contributed by atoms with Crippen LogP contribution in [0, 0.1) is 6.92 Å². The van der Waals surface area contributed by atoms with Crippen molar-refractivity contribution in [3.8, 4) is 5.75 Å². The van der Waals surface area contributed by atoms with Crippen LogP contribution in [-0.2, 0) is 21.4 Å². The number of carbonyl (C=O) groups is 1. The summed E-state index contributed by atoms with van der Waals surface area (Å²) >= 11 is 0. The normalized spacial score (nSPS) is 11.9. The van der Waals surface area contributed by atoms with Crippen molar-refractivity contribution in [2.75, 3.05) is 4.31 Å². The Morgan fingerprint density at radius 1 is 1.03 bits per heavy atom. The molecular weight excluding hydrogens is 478 g/mol. The molecule has 0 amide bonds. The van der Waals surface area contributed by atoms with Gasteiger partial charge in [0, 0.05) is 12.1 Å². The smallest absolute Gasteiger partial charge is 0.328 e. The highest BCUT2D eigenvalue weighted by atomic mass is 32.2. The van der Waals surface area contributed by atoms with Gasteiger partial charge in [0.1, 0.15) is 18.1 Å². The van der Waals surface area contributed by atoms with Crippen LogP contribution < -0.4 is 9.04 Å². The number of ether oxygens (including phenoxy) is 1. The van der Waals surface area contributed by atoms with E-state index in [2.05, 4.69) is 0 Å². The molecule has 1 aromatic heterocycles. The van der Waals surface area contributed by atoms with Gasteiger partial charge in [-0.2, -0.15) is 8.42 Å². The highest BCUT2D eigenvalue weighted by Gasteiger charge is 2.32. The number of carboxylic acid groups (broad SMARTS) is 1. The summed E-state index contributed by atoms with van der Waals surface area (Å²) in [6, 6.07) is 21.3. The Kier molecular flexibility index (Phi) is 7.17. The summed E-state index contributed by atoms with van der Waals surface area (Å²) in [5.74, 6) is -0.0846. The predicted octanol–water partition coefficient (Wildman–Crippen LogP) is 6.02. The Morgan fingerprint density at radius 2 is 1.69 bits per heavy atom. The number of aryl methyl sites for hydroxylation is 1. The van der Waals surface area contributed by atoms with Crippen LogP contribution in [-0.4, -0.2) is 25.5 Å². The molecule has 0 fully saturated rings. The van der Waals surface area contributed by atoms with E-state index in [4.69, 9.17) is 14.3 Å². The van der Waals surface area contributed by atoms with E-state index in [9.17, 15) is 13.2 Å². The van der Waals surface area contributed by atoms with Crippen molar-refractivity contribution in [2.45, 2.75) is 38.5 Å². The summed E-state index contributed by atoms with van der Waals surface area (Å²) in [5, 5.41) is 10.5. The number of aliphatic carboxylic acids is 1. The lowest BCUT2D eigenvalue weighted by Crippen LogP contribution is -2.37. The van der Waals surface area contributed by atoms with Crippen LogP contribution >= 0.6 is 0 Å². The fourth-order valence-electron chi connectivity index (χ4n) is 3.88. The van der Waals surface area contributed by atoms with Crippen LogP contribution in [0.3, 0.4) is 0 Å². The third-order valence-corrected chi connectivity index (χ3v) is 7.42. The van der Waals surface area contributed by atoms with E-state index in [0.717, 1.165) is 28.0 Å². The standard InChI is InChI=1S/C28H27NO6S/c1-19(2)29(36(32,33)28-15-8-20(3)35-28)25-16-23-6-4-5-7-24(23)17-26(25)34-18-22-11-9-21(10-12-22)13-14-27(30)31/h4-17,19H,18H2,1-3H3,(H,30,31)/b14-13+. The molecule has 0 saturated heterocycles. The molecule has 186 valence electrons. The summed E-state index contributed by atoms with van der Waals surface area (Å²) < 4.78 is 40.3. The van der Waals surface area contributed by atoms with E-state index < -0.39 is 22.0 Å². The highest BCUT2D eigenvalue weighted by Crippen LogP contribution is 2.38. The number of benzene rings is 3. The molecule has 0 aliphatic rings. The Labute approximate surface area is 210 Å². The zero-order valence-corrected chi connectivity index (χ0v) is 21.0. The molecule has 36 heavy (non-hydrogen) atoms. The SMILES string of the molecule is Cc1ccc(S(=O)(=O)N(c2cc3ccccc3cc2OCc2ccc(/C=C/C(=O)O)cc2)C(C)C)o1. The first-order valence-corrected chi connectivity index (χ1v) is 12.9. The minimum absolute atomic E-state index is 0.127. The number of anilines is 1. The molecule has 0 unspecified atom stereocenters. The summed E-state index contributed by atoms with van der Waals surface area (Å²) in [7, 11) is -3.99. The van der Waals surface area contributed by atoms with E-state index >= 15 is 0 Å². The van der Waals surface area contributed by atoms with Gasteiger partial charge in [0.25, 0.3) is 10.0 Å². The quantitative estimate of drug-likeness (QED) is 0.279. The fraction of sp³-hybridized carbons (Fsp3) is 0.179. The van der Waals surface area contributed by atoms with Crippen LogP contribution in [0.4, 0.5) is 5.69 Å². The van der Waals surface area contributed by atoms with Gasteiger partial charge in [-0.3, -0.25) is 4.31 Å². The second kappa shape index (κ2) is 10.3. The molecule has 7 nitrogen and oxygen atoms in total. The molecule has 8 heteroatoms. The molecular formula is C28H27NO6S. The van der Waals surface area contributed by atoms with Crippen molar-refractivity contribution in [1.82, 2.24) is 0 Å². The molecule has 3 aromatic carbocycles. The maximum Gasteiger partial charge on any atom is 0.328 e. The molecule has 0 aliphatic carbocycles. The average molecular weight is 506 g/mol. The number of nitrogens with zero attached hydrogens (tertiary/aromatic N) is 1. The Morgan fingerprint density at radius 3 is 2.28 bits per heavy atom. The minimum Gasteiger partial charge on any atom is -0.487 e. The topological polar surface area (TPSA) is 97.0 Å². The third-order valence-electron chi connectivity index (χ3n) is 5.56. The molecule has 0 bridgehead atoms. The number of carboxylic acids is 1. The van der Waals surface area contributed by atoms with Crippen molar-refractivity contribution in [3.63, 3.8) is 0 Å². The molecule has 0 saturated carbocycles. The van der Waals surface area contributed by atoms with Crippen molar-refractivity contribution >= 4 is 38.5 Å². The maximum absolute atomic E-state index is 13.6. The highest BCUT2D eigenvalue weighted by molar-refractivity contribution is 7.92. The average Bonchev–Trinajstić information content (AvgIpc) is 3.29. The first-order chi connectivity index (χ1) is 17.1. The van der Waals surface area contributed by atoms with Gasteiger partial charge in [-0.25, -0.2) is 4.79 Å². The van der Waals surface area contributed by atoms with Gasteiger partial charge in [-0.05, 0) is 73.0 Å². The molecule has 4 aromatic rings. The number of sulfonamides is 1. The van der Waals surface area contributed by atoms with Crippen LogP contribution in [0.2, 0.25) is 0 Å². The molecule has 0 atom stereocenters. The van der Waals surface area contributed by atoms with Gasteiger partial charge in [-0.1, -0.05) is 48.5 Å². The third kappa shape index (κ3) is 5.44. The Balaban J connectivity index is 1.72. The number of furan rings is 1. The van der Waals surface area contributed by atoms with E-state index in [1.165, 1.54) is 16.4 Å². The van der Waals surface area contributed by atoms with Crippen LogP contribution in [0.1, 0.15) is 30.7 Å². The second-order valence-corrected chi connectivity index (χ2v) is 10.4. The van der Waals surface area contributed by atoms with Crippen molar-refractivity contribution < 1.29 is 27.5 Å². The predicted molar refractivity (Wildman–Crippen MR) is 140 cm³/mol. The number of fused-ring (bicyclic) bond motifs is 1. The van der Waals surface area contributed by atoms with Gasteiger partial charge < -0.3 is 14.3 Å². The van der Waals surface area contributed by atoms with E-state index in [-0.39, 0.29) is 11.7 Å². The summed E-state index contributed by atoms with van der Waals surface area (Å²) in [6.45, 7) is 5.50. The lowest BCUT2D eigenvalue weighted by molar-refractivity contribution is -0.131. The molecule has 4 rings (SSSR count). The van der Waals surface area contributed by atoms with Gasteiger partial charge >= 0.3 is 5.97 Å². The fourth-order valence-corrected chi connectivity index (χ4v) is 5.51. The maximum atomic E-state index is 13.6. The molecule has 1 N–H and O–H groups in total. The van der Waals surface area contributed by atoms with Gasteiger partial charge in [-0.15, -0.1) is 0 Å². The van der Waals surface area contributed by atoms with Gasteiger partial charge in [0.2, 0.25) is 5.09 Å². The number of hydrogen-bond donors (Lipinski definition) is 1. The zero-order chi connectivity index (χ0) is 25.9. The van der Waals surface area contributed by atoms with Crippen LogP contribution in [0.15, 0.2) is 88.4 Å². The summed E-state index contributed by atoms with van der Waals surface area (Å²) in [5.41, 5.74) is 2.01. The molecule has 0 radical (unpaired) electrons. The molecule has 0 aliphatic heterocycles. The number of rotatable bonds is 9. The Hall–Kier alpha value is -4.04. The van der Waals surface area contributed by atoms with E-state index in [1.54, 1.807) is 39.0 Å². The van der Waals surface area contributed by atoms with Crippen molar-refractivity contribution in [1.29, 1.82) is 0 Å². The van der Waals surface area contributed by atoms with E-state index in [0.29, 0.717) is 17.2 Å². The van der Waals surface area contributed by atoms with Gasteiger partial charge in [0.05, 0.1) is 5.69 Å². The largest absolute Gasteiger partial charge is 0.487 e. The lowest BCUT2D eigenvalue weighted by Gasteiger charge is -2.29. The monoisotopic (exact) mass is 505 g/mol. The minimum atomic E-state index is -3.99. The number of hydrogen-bond acceptors (Lipinski definition) is 5.